The number of hydrogen-bond acceptors (Lipinski definition) is 4. The number of amides is 1. The summed E-state index contributed by atoms with van der Waals surface area (Å²) in [5, 5.41) is 6.93. The van der Waals surface area contributed by atoms with Crippen LogP contribution in [-0.2, 0) is 11.8 Å². The van der Waals surface area contributed by atoms with Crippen LogP contribution in [0.15, 0.2) is 36.7 Å². The van der Waals surface area contributed by atoms with Crippen LogP contribution in [0.3, 0.4) is 0 Å². The summed E-state index contributed by atoms with van der Waals surface area (Å²) in [6.07, 6.45) is 3.71. The molecule has 1 aliphatic heterocycles. The van der Waals surface area contributed by atoms with E-state index in [-0.39, 0.29) is 11.9 Å². The summed E-state index contributed by atoms with van der Waals surface area (Å²) >= 11 is 5.86. The minimum Gasteiger partial charge on any atom is -0.337 e. The second kappa shape index (κ2) is 7.12. The van der Waals surface area contributed by atoms with E-state index in [2.05, 4.69) is 20.5 Å². The first-order valence-corrected chi connectivity index (χ1v) is 7.98. The number of benzene rings is 1. The number of carbonyl (C=O) groups is 1. The third-order valence-corrected chi connectivity index (χ3v) is 4.24. The number of halogens is 1. The number of anilines is 1. The van der Waals surface area contributed by atoms with Gasteiger partial charge in [0.1, 0.15) is 5.82 Å². The quantitative estimate of drug-likeness (QED) is 0.893. The number of carbonyl (C=O) groups excluding carboxylic acids is 1. The third kappa shape index (κ3) is 3.90. The summed E-state index contributed by atoms with van der Waals surface area (Å²) in [6.45, 7) is 2.81. The van der Waals surface area contributed by atoms with Crippen LogP contribution in [0.5, 0.6) is 0 Å². The van der Waals surface area contributed by atoms with Gasteiger partial charge in [-0.05, 0) is 24.3 Å². The Morgan fingerprint density at radius 1 is 1.43 bits per heavy atom. The Balaban J connectivity index is 1.66. The number of imidazole rings is 1. The summed E-state index contributed by atoms with van der Waals surface area (Å²) in [7, 11) is 1.98. The van der Waals surface area contributed by atoms with Gasteiger partial charge in [0.2, 0.25) is 5.91 Å². The molecule has 0 saturated carbocycles. The second-order valence-electron chi connectivity index (χ2n) is 5.64. The molecule has 1 amide bonds. The molecule has 1 fully saturated rings. The molecule has 1 aromatic heterocycles. The van der Waals surface area contributed by atoms with Gasteiger partial charge in [-0.1, -0.05) is 11.6 Å². The third-order valence-electron chi connectivity index (χ3n) is 3.99. The Bertz CT molecular complexity index is 669. The van der Waals surface area contributed by atoms with E-state index >= 15 is 0 Å². The van der Waals surface area contributed by atoms with Crippen molar-refractivity contribution in [3.8, 4) is 0 Å². The number of aryl methyl sites for hydroxylation is 1. The molecule has 1 atom stereocenters. The van der Waals surface area contributed by atoms with Crippen LogP contribution >= 0.6 is 11.6 Å². The molecule has 0 aliphatic carbocycles. The fraction of sp³-hybridized carbons (Fsp3) is 0.375. The molecule has 23 heavy (non-hydrogen) atoms. The summed E-state index contributed by atoms with van der Waals surface area (Å²) in [5.74, 6) is 0.935. The summed E-state index contributed by atoms with van der Waals surface area (Å²) in [6, 6.07) is 7.22. The summed E-state index contributed by atoms with van der Waals surface area (Å²) in [4.78, 5) is 18.9. The first kappa shape index (κ1) is 16.0. The Kier molecular flexibility index (Phi) is 4.95. The van der Waals surface area contributed by atoms with E-state index < -0.39 is 0 Å². The van der Waals surface area contributed by atoms with E-state index in [4.69, 9.17) is 11.6 Å². The molecule has 2 heterocycles. The monoisotopic (exact) mass is 333 g/mol. The molecular weight excluding hydrogens is 314 g/mol. The largest absolute Gasteiger partial charge is 0.337 e. The molecule has 7 heteroatoms. The van der Waals surface area contributed by atoms with E-state index in [1.807, 2.05) is 17.8 Å². The lowest BCUT2D eigenvalue weighted by Crippen LogP contribution is -2.49. The van der Waals surface area contributed by atoms with Crippen molar-refractivity contribution in [1.29, 1.82) is 0 Å². The first-order valence-electron chi connectivity index (χ1n) is 7.61. The van der Waals surface area contributed by atoms with Crippen LogP contribution < -0.4 is 10.6 Å². The van der Waals surface area contributed by atoms with Crippen LogP contribution in [0.1, 0.15) is 11.9 Å². The van der Waals surface area contributed by atoms with E-state index in [9.17, 15) is 4.79 Å². The lowest BCUT2D eigenvalue weighted by Gasteiger charge is -2.35. The highest BCUT2D eigenvalue weighted by Crippen LogP contribution is 2.20. The predicted molar refractivity (Wildman–Crippen MR) is 90.5 cm³/mol. The number of hydrogen-bond donors (Lipinski definition) is 2. The van der Waals surface area contributed by atoms with Gasteiger partial charge in [-0.25, -0.2) is 4.98 Å². The average Bonchev–Trinajstić information content (AvgIpc) is 2.96. The maximum Gasteiger partial charge on any atom is 0.238 e. The molecule has 6 nitrogen and oxygen atoms in total. The first-order chi connectivity index (χ1) is 11.1. The van der Waals surface area contributed by atoms with Crippen molar-refractivity contribution in [3.05, 3.63) is 47.5 Å². The van der Waals surface area contributed by atoms with Gasteiger partial charge < -0.3 is 15.2 Å². The number of nitrogens with zero attached hydrogens (tertiary/aromatic N) is 3. The molecule has 1 aromatic carbocycles. The van der Waals surface area contributed by atoms with E-state index in [0.717, 1.165) is 31.1 Å². The van der Waals surface area contributed by atoms with Gasteiger partial charge in [0.15, 0.2) is 0 Å². The standard InChI is InChI=1S/C16H20ClN5O/c1-21-8-7-19-16(21)14-10-18-6-9-22(14)11-15(23)20-13-4-2-12(17)3-5-13/h2-5,7-8,14,18H,6,9-11H2,1H3,(H,20,23). The van der Waals surface area contributed by atoms with Crippen molar-refractivity contribution >= 4 is 23.2 Å². The van der Waals surface area contributed by atoms with Crippen LogP contribution in [-0.4, -0.2) is 46.5 Å². The van der Waals surface area contributed by atoms with Crippen LogP contribution in [0, 0.1) is 0 Å². The Hall–Kier alpha value is -1.89. The topological polar surface area (TPSA) is 62.2 Å². The number of piperazine rings is 1. The van der Waals surface area contributed by atoms with Crippen LogP contribution in [0.4, 0.5) is 5.69 Å². The van der Waals surface area contributed by atoms with E-state index in [0.29, 0.717) is 11.6 Å². The summed E-state index contributed by atoms with van der Waals surface area (Å²) in [5.41, 5.74) is 0.753. The van der Waals surface area contributed by atoms with E-state index in [1.54, 1.807) is 30.5 Å². The lowest BCUT2D eigenvalue weighted by molar-refractivity contribution is -0.118. The van der Waals surface area contributed by atoms with Crippen molar-refractivity contribution in [2.75, 3.05) is 31.5 Å². The number of rotatable bonds is 4. The normalized spacial score (nSPS) is 18.8. The molecule has 1 unspecified atom stereocenters. The highest BCUT2D eigenvalue weighted by atomic mass is 35.5. The number of aromatic nitrogens is 2. The van der Waals surface area contributed by atoms with Crippen molar-refractivity contribution < 1.29 is 4.79 Å². The Morgan fingerprint density at radius 3 is 2.91 bits per heavy atom. The van der Waals surface area contributed by atoms with Gasteiger partial charge in [0, 0.05) is 49.8 Å². The maximum absolute atomic E-state index is 12.3. The minimum absolute atomic E-state index is 0.0339. The van der Waals surface area contributed by atoms with Crippen molar-refractivity contribution in [2.45, 2.75) is 6.04 Å². The predicted octanol–water partition coefficient (Wildman–Crippen LogP) is 1.66. The Labute approximate surface area is 140 Å². The maximum atomic E-state index is 12.3. The SMILES string of the molecule is Cn1ccnc1C1CNCCN1CC(=O)Nc1ccc(Cl)cc1. The zero-order chi connectivity index (χ0) is 16.2. The van der Waals surface area contributed by atoms with Crippen LogP contribution in [0.25, 0.3) is 0 Å². The van der Waals surface area contributed by atoms with Crippen molar-refractivity contribution in [1.82, 2.24) is 19.8 Å². The van der Waals surface area contributed by atoms with Crippen molar-refractivity contribution in [3.63, 3.8) is 0 Å². The number of nitrogens with one attached hydrogen (secondary N) is 2. The zero-order valence-corrected chi connectivity index (χ0v) is 13.8. The fourth-order valence-corrected chi connectivity index (χ4v) is 2.93. The molecule has 0 radical (unpaired) electrons. The van der Waals surface area contributed by atoms with Gasteiger partial charge in [-0.3, -0.25) is 9.69 Å². The highest BCUT2D eigenvalue weighted by Gasteiger charge is 2.28. The molecule has 2 N–H and O–H groups in total. The van der Waals surface area contributed by atoms with Gasteiger partial charge in [-0.2, -0.15) is 0 Å². The molecule has 1 saturated heterocycles. The fourth-order valence-electron chi connectivity index (χ4n) is 2.81. The second-order valence-corrected chi connectivity index (χ2v) is 6.08. The molecule has 0 spiro atoms. The molecule has 1 aliphatic rings. The van der Waals surface area contributed by atoms with Gasteiger partial charge >= 0.3 is 0 Å². The van der Waals surface area contributed by atoms with Gasteiger partial charge in [0.25, 0.3) is 0 Å². The summed E-state index contributed by atoms with van der Waals surface area (Å²) < 4.78 is 2.00. The average molecular weight is 334 g/mol. The lowest BCUT2D eigenvalue weighted by atomic mass is 10.1. The zero-order valence-electron chi connectivity index (χ0n) is 13.0. The molecule has 3 rings (SSSR count). The minimum atomic E-state index is -0.0339. The van der Waals surface area contributed by atoms with Gasteiger partial charge in [0.05, 0.1) is 12.6 Å². The molecule has 0 bridgehead atoms. The smallest absolute Gasteiger partial charge is 0.238 e. The van der Waals surface area contributed by atoms with Gasteiger partial charge in [-0.15, -0.1) is 0 Å². The highest BCUT2D eigenvalue weighted by molar-refractivity contribution is 6.30. The molecule has 2 aromatic rings. The molecule has 122 valence electrons. The molecular formula is C16H20ClN5O. The Morgan fingerprint density at radius 2 is 2.22 bits per heavy atom. The van der Waals surface area contributed by atoms with Crippen LogP contribution in [0.2, 0.25) is 5.02 Å². The van der Waals surface area contributed by atoms with E-state index in [1.165, 1.54) is 0 Å². The van der Waals surface area contributed by atoms with Crippen molar-refractivity contribution in [2.24, 2.45) is 7.05 Å².